The maximum atomic E-state index is 12.2. The molecule has 136 valence electrons. The Balaban J connectivity index is 1.58. The van der Waals surface area contributed by atoms with E-state index in [1.165, 1.54) is 16.6 Å². The number of rotatable bonds is 8. The molecule has 0 fully saturated rings. The third kappa shape index (κ3) is 4.64. The molecular weight excluding hydrogens is 368 g/mol. The van der Waals surface area contributed by atoms with Gasteiger partial charge < -0.3 is 14.6 Å². The van der Waals surface area contributed by atoms with Crippen LogP contribution in [0.5, 0.6) is 5.75 Å². The molecule has 1 aromatic carbocycles. The molecule has 0 saturated carbocycles. The zero-order chi connectivity index (χ0) is 18.4. The maximum Gasteiger partial charge on any atom is 0.234 e. The highest BCUT2D eigenvalue weighted by Gasteiger charge is 2.14. The Morgan fingerprint density at radius 1 is 1.27 bits per heavy atom. The number of thiophene rings is 1. The van der Waals surface area contributed by atoms with Crippen LogP contribution >= 0.6 is 23.1 Å². The van der Waals surface area contributed by atoms with E-state index < -0.39 is 0 Å². The molecule has 1 N–H and O–H groups in total. The number of hydrogen-bond donors (Lipinski definition) is 1. The molecule has 3 aromatic rings. The lowest BCUT2D eigenvalue weighted by molar-refractivity contribution is -0.113. The molecule has 8 heteroatoms. The molecule has 0 spiro atoms. The third-order valence-electron chi connectivity index (χ3n) is 3.73. The van der Waals surface area contributed by atoms with Gasteiger partial charge >= 0.3 is 0 Å². The number of thioether (sulfide) groups is 1. The number of carbonyl (C=O) groups is 1. The number of methoxy groups -OCH3 is 1. The first-order valence-electron chi connectivity index (χ1n) is 8.20. The van der Waals surface area contributed by atoms with Gasteiger partial charge in [-0.3, -0.25) is 4.79 Å². The van der Waals surface area contributed by atoms with Gasteiger partial charge in [0, 0.05) is 23.5 Å². The maximum absolute atomic E-state index is 12.2. The summed E-state index contributed by atoms with van der Waals surface area (Å²) in [5.41, 5.74) is 0.742. The van der Waals surface area contributed by atoms with Crippen LogP contribution in [0.3, 0.4) is 0 Å². The summed E-state index contributed by atoms with van der Waals surface area (Å²) in [6.07, 6.45) is 0.761. The largest absolute Gasteiger partial charge is 0.497 e. The van der Waals surface area contributed by atoms with E-state index in [1.54, 1.807) is 18.4 Å². The summed E-state index contributed by atoms with van der Waals surface area (Å²) in [5, 5.41) is 14.2. The summed E-state index contributed by atoms with van der Waals surface area (Å²) in [7, 11) is 1.61. The lowest BCUT2D eigenvalue weighted by Crippen LogP contribution is -2.14. The quantitative estimate of drug-likeness (QED) is 0.596. The molecule has 0 radical (unpaired) electrons. The van der Waals surface area contributed by atoms with E-state index in [1.807, 2.05) is 30.3 Å². The van der Waals surface area contributed by atoms with E-state index in [9.17, 15) is 4.79 Å². The van der Waals surface area contributed by atoms with Crippen LogP contribution in [0.15, 0.2) is 46.9 Å². The van der Waals surface area contributed by atoms with Crippen molar-refractivity contribution in [3.05, 3.63) is 52.5 Å². The third-order valence-corrected chi connectivity index (χ3v) is 5.57. The molecule has 0 unspecified atom stereocenters. The van der Waals surface area contributed by atoms with Crippen molar-refractivity contribution in [2.45, 2.75) is 25.0 Å². The Morgan fingerprint density at radius 3 is 2.73 bits per heavy atom. The van der Waals surface area contributed by atoms with Gasteiger partial charge in [-0.25, -0.2) is 0 Å². The van der Waals surface area contributed by atoms with Crippen molar-refractivity contribution < 1.29 is 9.53 Å². The SMILES string of the molecule is CCn1c(Cc2cccs2)nnc1SCC(=O)Nc1ccc(OC)cc1. The predicted octanol–water partition coefficient (Wildman–Crippen LogP) is 3.69. The minimum absolute atomic E-state index is 0.0781. The molecule has 26 heavy (non-hydrogen) atoms. The van der Waals surface area contributed by atoms with E-state index >= 15 is 0 Å². The Labute approximate surface area is 160 Å². The minimum atomic E-state index is -0.0781. The minimum Gasteiger partial charge on any atom is -0.497 e. The van der Waals surface area contributed by atoms with Crippen LogP contribution in [0.1, 0.15) is 17.6 Å². The monoisotopic (exact) mass is 388 g/mol. The molecule has 2 aromatic heterocycles. The summed E-state index contributed by atoms with van der Waals surface area (Å²) in [6.45, 7) is 2.83. The van der Waals surface area contributed by atoms with E-state index in [-0.39, 0.29) is 11.7 Å². The molecule has 0 saturated heterocycles. The van der Waals surface area contributed by atoms with E-state index in [0.29, 0.717) is 0 Å². The summed E-state index contributed by atoms with van der Waals surface area (Å²) < 4.78 is 7.17. The molecule has 3 rings (SSSR count). The van der Waals surface area contributed by atoms with Crippen molar-refractivity contribution in [2.24, 2.45) is 0 Å². The number of carbonyl (C=O) groups excluding carboxylic acids is 1. The first kappa shape index (κ1) is 18.5. The van der Waals surface area contributed by atoms with E-state index in [4.69, 9.17) is 4.74 Å². The number of amides is 1. The molecular formula is C18H20N4O2S2. The van der Waals surface area contributed by atoms with Gasteiger partial charge in [0.2, 0.25) is 5.91 Å². The second-order valence-electron chi connectivity index (χ2n) is 5.46. The smallest absolute Gasteiger partial charge is 0.234 e. The highest BCUT2D eigenvalue weighted by molar-refractivity contribution is 7.99. The van der Waals surface area contributed by atoms with Crippen molar-refractivity contribution in [1.82, 2.24) is 14.8 Å². The molecule has 2 heterocycles. The second kappa shape index (κ2) is 8.86. The lowest BCUT2D eigenvalue weighted by Gasteiger charge is -2.08. The number of aromatic nitrogens is 3. The fraction of sp³-hybridized carbons (Fsp3) is 0.278. The van der Waals surface area contributed by atoms with Gasteiger partial charge in [-0.1, -0.05) is 17.8 Å². The van der Waals surface area contributed by atoms with Crippen LogP contribution in [0, 0.1) is 0 Å². The second-order valence-corrected chi connectivity index (χ2v) is 7.44. The van der Waals surface area contributed by atoms with Gasteiger partial charge in [-0.2, -0.15) is 0 Å². The van der Waals surface area contributed by atoms with Crippen LogP contribution in [-0.2, 0) is 17.8 Å². The number of hydrogen-bond acceptors (Lipinski definition) is 6. The van der Waals surface area contributed by atoms with Gasteiger partial charge in [0.25, 0.3) is 0 Å². The summed E-state index contributed by atoms with van der Waals surface area (Å²) in [5.74, 6) is 1.88. The normalized spacial score (nSPS) is 10.7. The fourth-order valence-electron chi connectivity index (χ4n) is 2.44. The molecule has 0 aliphatic rings. The van der Waals surface area contributed by atoms with Crippen LogP contribution in [0.25, 0.3) is 0 Å². The number of nitrogens with one attached hydrogen (secondary N) is 1. The Bertz CT molecular complexity index is 845. The van der Waals surface area contributed by atoms with Crippen molar-refractivity contribution in [2.75, 3.05) is 18.2 Å². The highest BCUT2D eigenvalue weighted by atomic mass is 32.2. The Kier molecular flexibility index (Phi) is 6.30. The zero-order valence-corrected chi connectivity index (χ0v) is 16.3. The van der Waals surface area contributed by atoms with Crippen molar-refractivity contribution in [3.8, 4) is 5.75 Å². The van der Waals surface area contributed by atoms with Gasteiger partial charge in [-0.15, -0.1) is 21.5 Å². The van der Waals surface area contributed by atoms with Crippen molar-refractivity contribution in [3.63, 3.8) is 0 Å². The van der Waals surface area contributed by atoms with Gasteiger partial charge in [0.15, 0.2) is 5.16 Å². The van der Waals surface area contributed by atoms with Crippen LogP contribution in [0.4, 0.5) is 5.69 Å². The van der Waals surface area contributed by atoms with Gasteiger partial charge in [0.1, 0.15) is 11.6 Å². The predicted molar refractivity (Wildman–Crippen MR) is 105 cm³/mol. The Morgan fingerprint density at radius 2 is 2.08 bits per heavy atom. The molecule has 6 nitrogen and oxygen atoms in total. The van der Waals surface area contributed by atoms with Gasteiger partial charge in [-0.05, 0) is 42.6 Å². The fourth-order valence-corrected chi connectivity index (χ4v) is 3.97. The number of benzene rings is 1. The number of ether oxygens (including phenoxy) is 1. The van der Waals surface area contributed by atoms with E-state index in [0.717, 1.165) is 35.4 Å². The average molecular weight is 389 g/mol. The first-order chi connectivity index (χ1) is 12.7. The number of anilines is 1. The molecule has 0 bridgehead atoms. The Hall–Kier alpha value is -2.32. The van der Waals surface area contributed by atoms with E-state index in [2.05, 4.69) is 38.5 Å². The zero-order valence-electron chi connectivity index (χ0n) is 14.6. The highest BCUT2D eigenvalue weighted by Crippen LogP contribution is 2.21. The van der Waals surface area contributed by atoms with Crippen LogP contribution in [0.2, 0.25) is 0 Å². The van der Waals surface area contributed by atoms with Crippen molar-refractivity contribution in [1.29, 1.82) is 0 Å². The van der Waals surface area contributed by atoms with Crippen molar-refractivity contribution >= 4 is 34.7 Å². The molecule has 1 amide bonds. The summed E-state index contributed by atoms with van der Waals surface area (Å²) >= 11 is 3.10. The van der Waals surface area contributed by atoms with Gasteiger partial charge in [0.05, 0.1) is 12.9 Å². The average Bonchev–Trinajstić information content (AvgIpc) is 3.30. The lowest BCUT2D eigenvalue weighted by atomic mass is 10.3. The molecule has 0 atom stereocenters. The van der Waals surface area contributed by atoms with Crippen LogP contribution < -0.4 is 10.1 Å². The van der Waals surface area contributed by atoms with Crippen LogP contribution in [-0.4, -0.2) is 33.5 Å². The first-order valence-corrected chi connectivity index (χ1v) is 10.1. The standard InChI is InChI=1S/C18H20N4O2S2/c1-3-22-16(11-15-5-4-10-25-15)20-21-18(22)26-12-17(23)19-13-6-8-14(24-2)9-7-13/h4-10H,3,11-12H2,1-2H3,(H,19,23). The summed E-state index contributed by atoms with van der Waals surface area (Å²) in [4.78, 5) is 13.4. The molecule has 0 aliphatic heterocycles. The topological polar surface area (TPSA) is 69.0 Å². The summed E-state index contributed by atoms with van der Waals surface area (Å²) in [6, 6.07) is 11.4. The molecule has 0 aliphatic carbocycles. The number of nitrogens with zero attached hydrogens (tertiary/aromatic N) is 3.